The lowest BCUT2D eigenvalue weighted by atomic mass is 9.73. The second kappa shape index (κ2) is 9.60. The van der Waals surface area contributed by atoms with Gasteiger partial charge in [-0.3, -0.25) is 10.4 Å². The molecule has 8 nitrogen and oxygen atoms in total. The third-order valence-electron chi connectivity index (χ3n) is 6.74. The van der Waals surface area contributed by atoms with Crippen molar-refractivity contribution in [3.8, 4) is 5.75 Å². The van der Waals surface area contributed by atoms with Crippen LogP contribution < -0.4 is 15.4 Å². The predicted molar refractivity (Wildman–Crippen MR) is 139 cm³/mol. The monoisotopic (exact) mass is 511 g/mol. The maximum absolute atomic E-state index is 8.70. The average Bonchev–Trinajstić information content (AvgIpc) is 2.83. The van der Waals surface area contributed by atoms with Gasteiger partial charge < -0.3 is 20.3 Å². The number of aromatic nitrogens is 3. The molecular weight excluding hydrogens is 485 g/mol. The number of rotatable bonds is 6. The quantitative estimate of drug-likeness (QED) is 0.375. The van der Waals surface area contributed by atoms with E-state index in [1.54, 1.807) is 30.6 Å². The van der Waals surface area contributed by atoms with Crippen molar-refractivity contribution in [1.82, 2.24) is 19.9 Å². The summed E-state index contributed by atoms with van der Waals surface area (Å²) in [5.41, 5.74) is 9.02. The minimum atomic E-state index is 0.168. The van der Waals surface area contributed by atoms with Gasteiger partial charge in [0.25, 0.3) is 0 Å². The number of likely N-dealkylation sites (tertiary alicyclic amines) is 1. The molecule has 5 rings (SSSR count). The predicted octanol–water partition coefficient (Wildman–Crippen LogP) is 4.29. The van der Waals surface area contributed by atoms with E-state index in [1.807, 2.05) is 0 Å². The summed E-state index contributed by atoms with van der Waals surface area (Å²) in [6.45, 7) is 4.43. The number of pyridine rings is 1. The average molecular weight is 512 g/mol. The van der Waals surface area contributed by atoms with Gasteiger partial charge in [0.2, 0.25) is 5.95 Å². The van der Waals surface area contributed by atoms with Crippen molar-refractivity contribution >= 4 is 40.5 Å². The zero-order chi connectivity index (χ0) is 24.6. The molecule has 2 aliphatic rings. The van der Waals surface area contributed by atoms with E-state index in [4.69, 9.17) is 39.1 Å². The highest BCUT2D eigenvalue weighted by molar-refractivity contribution is 6.35. The molecule has 0 aliphatic carbocycles. The van der Waals surface area contributed by atoms with Gasteiger partial charge in [0.1, 0.15) is 12.4 Å². The van der Waals surface area contributed by atoms with Crippen LogP contribution in [0.2, 0.25) is 10.0 Å². The third-order valence-corrected chi connectivity index (χ3v) is 7.40. The molecule has 182 valence electrons. The summed E-state index contributed by atoms with van der Waals surface area (Å²) in [7, 11) is 2.19. The summed E-state index contributed by atoms with van der Waals surface area (Å²) in [6.07, 6.45) is 8.92. The minimum Gasteiger partial charge on any atom is -0.489 e. The smallest absolute Gasteiger partial charge is 0.225 e. The normalized spacial score (nSPS) is 17.3. The molecule has 1 aromatic carbocycles. The molecule has 2 aromatic heterocycles. The van der Waals surface area contributed by atoms with Crippen molar-refractivity contribution in [2.45, 2.75) is 19.4 Å². The third kappa shape index (κ3) is 4.91. The van der Waals surface area contributed by atoms with E-state index >= 15 is 0 Å². The van der Waals surface area contributed by atoms with Gasteiger partial charge in [-0.05, 0) is 44.6 Å². The number of halogens is 2. The lowest BCUT2D eigenvalue weighted by Gasteiger charge is -2.54. The fourth-order valence-corrected chi connectivity index (χ4v) is 5.43. The van der Waals surface area contributed by atoms with Gasteiger partial charge in [-0.25, -0.2) is 9.97 Å². The Morgan fingerprint density at radius 2 is 1.83 bits per heavy atom. The van der Waals surface area contributed by atoms with Crippen LogP contribution in [0, 0.1) is 10.8 Å². The Morgan fingerprint density at radius 1 is 1.11 bits per heavy atom. The zero-order valence-electron chi connectivity index (χ0n) is 19.5. The van der Waals surface area contributed by atoms with Crippen molar-refractivity contribution in [3.63, 3.8) is 0 Å². The number of anilines is 2. The van der Waals surface area contributed by atoms with Gasteiger partial charge >= 0.3 is 0 Å². The van der Waals surface area contributed by atoms with Crippen molar-refractivity contribution in [1.29, 1.82) is 5.41 Å². The SMILES string of the molecule is CN1CCCC2(C1)CN(c1ncc(C(=N)c3cc(OCc4c(Cl)cncc4Cl)ccc3N)cn1)C2. The molecular formula is C25H27Cl2N7O. The van der Waals surface area contributed by atoms with E-state index in [0.29, 0.717) is 49.5 Å². The lowest BCUT2D eigenvalue weighted by molar-refractivity contribution is 0.0772. The molecule has 35 heavy (non-hydrogen) atoms. The molecule has 0 bridgehead atoms. The van der Waals surface area contributed by atoms with Crippen molar-refractivity contribution in [2.24, 2.45) is 5.41 Å². The Balaban J connectivity index is 1.26. The Labute approximate surface area is 214 Å². The van der Waals surface area contributed by atoms with Crippen LogP contribution in [0.1, 0.15) is 29.5 Å². The fourth-order valence-electron chi connectivity index (χ4n) is 4.96. The lowest BCUT2D eigenvalue weighted by Crippen LogP contribution is -2.63. The Morgan fingerprint density at radius 3 is 2.51 bits per heavy atom. The Bertz CT molecular complexity index is 1220. The number of hydrogen-bond donors (Lipinski definition) is 2. The highest BCUT2D eigenvalue weighted by Crippen LogP contribution is 2.40. The van der Waals surface area contributed by atoms with Gasteiger partial charge in [-0.1, -0.05) is 23.2 Å². The molecule has 3 N–H and O–H groups in total. The second-order valence-electron chi connectivity index (χ2n) is 9.46. The molecule has 2 fully saturated rings. The summed E-state index contributed by atoms with van der Waals surface area (Å²) >= 11 is 12.4. The standard InChI is InChI=1S/C25H27Cl2N7O/c1-33-6-2-5-25(13-33)14-34(15-25)24-31-8-16(9-32-24)23(29)18-7-17(3-4-22(18)28)35-12-19-20(26)10-30-11-21(19)27/h3-4,7-11,29H,2,5-6,12-15,28H2,1H3. The topological polar surface area (TPSA) is 104 Å². The highest BCUT2D eigenvalue weighted by atomic mass is 35.5. The molecule has 0 amide bonds. The Hall–Kier alpha value is -2.94. The maximum atomic E-state index is 8.70. The van der Waals surface area contributed by atoms with E-state index in [1.165, 1.54) is 31.8 Å². The molecule has 0 saturated carbocycles. The maximum Gasteiger partial charge on any atom is 0.225 e. The number of hydrogen-bond acceptors (Lipinski definition) is 8. The number of benzene rings is 1. The summed E-state index contributed by atoms with van der Waals surface area (Å²) in [5.74, 6) is 1.25. The van der Waals surface area contributed by atoms with Gasteiger partial charge in [0.05, 0.1) is 15.8 Å². The number of nitrogen functional groups attached to an aromatic ring is 1. The van der Waals surface area contributed by atoms with Crippen LogP contribution in [0.15, 0.2) is 43.0 Å². The fraction of sp³-hybridized carbons (Fsp3) is 0.360. The molecule has 10 heteroatoms. The molecule has 0 atom stereocenters. The van der Waals surface area contributed by atoms with Crippen LogP contribution in [-0.2, 0) is 6.61 Å². The molecule has 2 saturated heterocycles. The van der Waals surface area contributed by atoms with E-state index in [2.05, 4.69) is 31.8 Å². The molecule has 0 radical (unpaired) electrons. The van der Waals surface area contributed by atoms with E-state index in [-0.39, 0.29) is 12.3 Å². The zero-order valence-corrected chi connectivity index (χ0v) is 21.0. The van der Waals surface area contributed by atoms with Crippen LogP contribution in [-0.4, -0.2) is 58.8 Å². The first-order valence-corrected chi connectivity index (χ1v) is 12.2. The van der Waals surface area contributed by atoms with Gasteiger partial charge in [-0.15, -0.1) is 0 Å². The Kier molecular flexibility index (Phi) is 6.53. The first kappa shape index (κ1) is 23.8. The van der Waals surface area contributed by atoms with E-state index in [0.717, 1.165) is 19.6 Å². The first-order chi connectivity index (χ1) is 16.8. The number of nitrogens with one attached hydrogen (secondary N) is 1. The minimum absolute atomic E-state index is 0.168. The molecule has 1 spiro atoms. The van der Waals surface area contributed by atoms with Crippen molar-refractivity contribution in [3.05, 3.63) is 69.7 Å². The van der Waals surface area contributed by atoms with E-state index < -0.39 is 0 Å². The molecule has 3 aromatic rings. The number of piperidine rings is 1. The van der Waals surface area contributed by atoms with Gasteiger partial charge in [0.15, 0.2) is 0 Å². The van der Waals surface area contributed by atoms with Crippen LogP contribution in [0.5, 0.6) is 5.75 Å². The highest BCUT2D eigenvalue weighted by Gasteiger charge is 2.45. The summed E-state index contributed by atoms with van der Waals surface area (Å²) in [4.78, 5) is 17.7. The van der Waals surface area contributed by atoms with Gasteiger partial charge in [0, 0.05) is 72.2 Å². The molecule has 0 unspecified atom stereocenters. The van der Waals surface area contributed by atoms with Crippen LogP contribution in [0.3, 0.4) is 0 Å². The summed E-state index contributed by atoms with van der Waals surface area (Å²) < 4.78 is 5.88. The number of nitrogens with zero attached hydrogens (tertiary/aromatic N) is 5. The number of nitrogens with two attached hydrogens (primary N) is 1. The van der Waals surface area contributed by atoms with Crippen LogP contribution in [0.25, 0.3) is 0 Å². The molecule has 2 aliphatic heterocycles. The van der Waals surface area contributed by atoms with Gasteiger partial charge in [-0.2, -0.15) is 0 Å². The summed E-state index contributed by atoms with van der Waals surface area (Å²) in [5, 5.41) is 9.57. The van der Waals surface area contributed by atoms with Crippen molar-refractivity contribution < 1.29 is 4.74 Å². The number of ether oxygens (including phenoxy) is 1. The first-order valence-electron chi connectivity index (χ1n) is 11.5. The van der Waals surface area contributed by atoms with Crippen molar-refractivity contribution in [2.75, 3.05) is 43.9 Å². The molecule has 4 heterocycles. The van der Waals surface area contributed by atoms with Crippen LogP contribution in [0.4, 0.5) is 11.6 Å². The second-order valence-corrected chi connectivity index (χ2v) is 10.3. The largest absolute Gasteiger partial charge is 0.489 e. The van der Waals surface area contributed by atoms with Crippen LogP contribution >= 0.6 is 23.2 Å². The van der Waals surface area contributed by atoms with E-state index in [9.17, 15) is 0 Å². The summed E-state index contributed by atoms with van der Waals surface area (Å²) in [6, 6.07) is 5.19.